The smallest absolute Gasteiger partial charge is 0.234 e. The van der Waals surface area contributed by atoms with Crippen molar-refractivity contribution in [3.63, 3.8) is 0 Å². The highest BCUT2D eigenvalue weighted by Crippen LogP contribution is 2.02. The number of rotatable bonds is 3. The van der Waals surface area contributed by atoms with Gasteiger partial charge in [-0.05, 0) is 12.1 Å². The lowest BCUT2D eigenvalue weighted by Gasteiger charge is -2.01. The average Bonchev–Trinajstić information content (AvgIpc) is 2.18. The molecular weight excluding hydrogens is 210 g/mol. The van der Waals surface area contributed by atoms with E-state index in [1.807, 2.05) is 6.07 Å². The van der Waals surface area contributed by atoms with Crippen molar-refractivity contribution in [1.29, 1.82) is 0 Å². The van der Waals surface area contributed by atoms with Crippen LogP contribution in [0.4, 0.5) is 0 Å². The van der Waals surface area contributed by atoms with Crippen molar-refractivity contribution in [2.75, 3.05) is 0 Å². The molecule has 0 unspecified atom stereocenters. The van der Waals surface area contributed by atoms with Crippen LogP contribution in [0.25, 0.3) is 0 Å². The van der Waals surface area contributed by atoms with Gasteiger partial charge in [-0.2, -0.15) is 0 Å². The molecule has 6 nitrogen and oxygen atoms in total. The average molecular weight is 225 g/mol. The van der Waals surface area contributed by atoms with Crippen LogP contribution >= 0.6 is 0 Å². The van der Waals surface area contributed by atoms with Crippen LogP contribution in [0.3, 0.4) is 0 Å². The van der Waals surface area contributed by atoms with Gasteiger partial charge >= 0.3 is 0 Å². The Morgan fingerprint density at radius 1 is 1.19 bits per heavy atom. The number of carbonyl (C=O) groups excluding carboxylic acids is 2. The topological polar surface area (TPSA) is 132 Å². The Bertz CT molecular complexity index is 340. The molecule has 6 heteroatoms. The monoisotopic (exact) mass is 225 g/mol. The molecule has 0 radical (unpaired) electrons. The molecule has 88 valence electrons. The van der Waals surface area contributed by atoms with Crippen molar-refractivity contribution in [1.82, 2.24) is 0 Å². The molecule has 16 heavy (non-hydrogen) atoms. The van der Waals surface area contributed by atoms with Crippen LogP contribution < -0.4 is 17.2 Å². The van der Waals surface area contributed by atoms with Crippen molar-refractivity contribution in [3.8, 4) is 5.75 Å². The van der Waals surface area contributed by atoms with Gasteiger partial charge in [0.05, 0.1) is 12.5 Å². The molecule has 0 aromatic heterocycles. The molecule has 0 bridgehead atoms. The lowest BCUT2D eigenvalue weighted by Crippen LogP contribution is -2.39. The summed E-state index contributed by atoms with van der Waals surface area (Å²) in [7, 11) is 0. The Labute approximate surface area is 93.0 Å². The van der Waals surface area contributed by atoms with Crippen LogP contribution in [0, 0.1) is 0 Å². The van der Waals surface area contributed by atoms with E-state index in [9.17, 15) is 9.59 Å². The van der Waals surface area contributed by atoms with E-state index < -0.39 is 17.9 Å². The number of amides is 2. The van der Waals surface area contributed by atoms with Crippen molar-refractivity contribution < 1.29 is 14.7 Å². The van der Waals surface area contributed by atoms with Crippen molar-refractivity contribution in [2.24, 2.45) is 17.2 Å². The number of aromatic hydroxyl groups is 1. The first-order valence-electron chi connectivity index (χ1n) is 4.50. The molecule has 1 rings (SSSR count). The Kier molecular flexibility index (Phi) is 6.30. The van der Waals surface area contributed by atoms with Gasteiger partial charge in [-0.1, -0.05) is 18.2 Å². The summed E-state index contributed by atoms with van der Waals surface area (Å²) in [5, 5.41) is 8.63. The minimum Gasteiger partial charge on any atom is -0.508 e. The van der Waals surface area contributed by atoms with Gasteiger partial charge in [0.1, 0.15) is 5.75 Å². The largest absolute Gasteiger partial charge is 0.508 e. The minimum absolute atomic E-state index is 0.185. The second kappa shape index (κ2) is 7.24. The van der Waals surface area contributed by atoms with E-state index in [4.69, 9.17) is 22.3 Å². The van der Waals surface area contributed by atoms with Gasteiger partial charge in [0, 0.05) is 0 Å². The summed E-state index contributed by atoms with van der Waals surface area (Å²) in [6.07, 6.45) is -0.185. The molecule has 0 saturated heterocycles. The minimum atomic E-state index is -0.942. The molecule has 0 saturated carbocycles. The second-order valence-corrected chi connectivity index (χ2v) is 3.01. The number of carbonyl (C=O) groups is 2. The van der Waals surface area contributed by atoms with E-state index in [0.29, 0.717) is 5.75 Å². The molecule has 1 aromatic carbocycles. The SMILES string of the molecule is NC(=O)C[C@H](N)C(N)=O.Oc1ccccc1. The third-order valence-corrected chi connectivity index (χ3v) is 1.54. The molecule has 1 aromatic rings. The maximum atomic E-state index is 10.1. The number of hydrogen-bond donors (Lipinski definition) is 4. The summed E-state index contributed by atoms with van der Waals surface area (Å²) in [6, 6.07) is 7.77. The Morgan fingerprint density at radius 2 is 1.69 bits per heavy atom. The van der Waals surface area contributed by atoms with Gasteiger partial charge in [0.25, 0.3) is 0 Å². The molecule has 0 aliphatic carbocycles. The molecule has 0 aliphatic rings. The van der Waals surface area contributed by atoms with Gasteiger partial charge < -0.3 is 22.3 Å². The number of primary amides is 2. The first-order valence-corrected chi connectivity index (χ1v) is 4.50. The fourth-order valence-corrected chi connectivity index (χ4v) is 0.745. The summed E-state index contributed by atoms with van der Waals surface area (Å²) in [5.74, 6) is -1.02. The molecule has 7 N–H and O–H groups in total. The third kappa shape index (κ3) is 7.34. The van der Waals surface area contributed by atoms with E-state index in [0.717, 1.165) is 0 Å². The Balaban J connectivity index is 0.000000288. The first kappa shape index (κ1) is 13.9. The van der Waals surface area contributed by atoms with Gasteiger partial charge in [-0.25, -0.2) is 0 Å². The number of phenols is 1. The molecular formula is C10H15N3O3. The van der Waals surface area contributed by atoms with Crippen LogP contribution in [0.15, 0.2) is 30.3 Å². The van der Waals surface area contributed by atoms with Gasteiger partial charge in [-0.15, -0.1) is 0 Å². The number of hydrogen-bond acceptors (Lipinski definition) is 4. The molecule has 2 amide bonds. The zero-order valence-electron chi connectivity index (χ0n) is 8.67. The van der Waals surface area contributed by atoms with Gasteiger partial charge in [0.2, 0.25) is 11.8 Å². The molecule has 0 heterocycles. The summed E-state index contributed by atoms with van der Waals surface area (Å²) in [6.45, 7) is 0. The summed E-state index contributed by atoms with van der Waals surface area (Å²) in [4.78, 5) is 20.2. The quantitative estimate of drug-likeness (QED) is 0.528. The fourth-order valence-electron chi connectivity index (χ4n) is 0.745. The van der Waals surface area contributed by atoms with Crippen LogP contribution in [-0.2, 0) is 9.59 Å². The zero-order valence-corrected chi connectivity index (χ0v) is 8.67. The Morgan fingerprint density at radius 3 is 1.88 bits per heavy atom. The lowest BCUT2D eigenvalue weighted by molar-refractivity contribution is -0.124. The number of para-hydroxylation sites is 1. The van der Waals surface area contributed by atoms with Gasteiger partial charge in [-0.3, -0.25) is 9.59 Å². The standard InChI is InChI=1S/C6H6O.C4H9N3O2/c7-6-4-2-1-3-5-6;5-2(4(7)9)1-3(6)8/h1-5,7H;2H,1,5H2,(H2,6,8)(H2,7,9)/t;2-/m.0/s1. The maximum Gasteiger partial charge on any atom is 0.234 e. The third-order valence-electron chi connectivity index (χ3n) is 1.54. The lowest BCUT2D eigenvalue weighted by atomic mass is 10.2. The highest BCUT2D eigenvalue weighted by Gasteiger charge is 2.10. The summed E-state index contributed by atoms with van der Waals surface area (Å²) in [5.41, 5.74) is 14.5. The fraction of sp³-hybridized carbons (Fsp3) is 0.200. The van der Waals surface area contributed by atoms with E-state index in [-0.39, 0.29) is 6.42 Å². The van der Waals surface area contributed by atoms with Crippen LogP contribution in [-0.4, -0.2) is 23.0 Å². The predicted molar refractivity (Wildman–Crippen MR) is 59.1 cm³/mol. The summed E-state index contributed by atoms with van der Waals surface area (Å²) >= 11 is 0. The van der Waals surface area contributed by atoms with Crippen molar-refractivity contribution >= 4 is 11.8 Å². The molecule has 0 aliphatic heterocycles. The number of phenolic OH excluding ortho intramolecular Hbond substituents is 1. The number of nitrogens with two attached hydrogens (primary N) is 3. The van der Waals surface area contributed by atoms with E-state index >= 15 is 0 Å². The van der Waals surface area contributed by atoms with Crippen LogP contribution in [0.1, 0.15) is 6.42 Å². The van der Waals surface area contributed by atoms with Crippen LogP contribution in [0.5, 0.6) is 5.75 Å². The second-order valence-electron chi connectivity index (χ2n) is 3.01. The number of benzene rings is 1. The van der Waals surface area contributed by atoms with E-state index in [2.05, 4.69) is 0 Å². The van der Waals surface area contributed by atoms with Crippen molar-refractivity contribution in [3.05, 3.63) is 30.3 Å². The molecule has 1 atom stereocenters. The van der Waals surface area contributed by atoms with Gasteiger partial charge in [0.15, 0.2) is 0 Å². The molecule has 0 spiro atoms. The highest BCUT2D eigenvalue weighted by atomic mass is 16.3. The Hall–Kier alpha value is -2.08. The predicted octanol–water partition coefficient (Wildman–Crippen LogP) is -0.933. The normalized spacial score (nSPS) is 10.8. The maximum absolute atomic E-state index is 10.1. The summed E-state index contributed by atoms with van der Waals surface area (Å²) < 4.78 is 0. The highest BCUT2D eigenvalue weighted by molar-refractivity contribution is 5.86. The first-order chi connectivity index (χ1) is 7.43. The van der Waals surface area contributed by atoms with Crippen LogP contribution in [0.2, 0.25) is 0 Å². The molecule has 0 fully saturated rings. The van der Waals surface area contributed by atoms with E-state index in [1.54, 1.807) is 24.3 Å². The zero-order chi connectivity index (χ0) is 12.6. The van der Waals surface area contributed by atoms with E-state index in [1.165, 1.54) is 0 Å². The van der Waals surface area contributed by atoms with Crippen molar-refractivity contribution in [2.45, 2.75) is 12.5 Å².